The normalized spacial score (nSPS) is 12.6. The second-order valence-corrected chi connectivity index (χ2v) is 5.22. The molecule has 21 heavy (non-hydrogen) atoms. The van der Waals surface area contributed by atoms with Crippen molar-refractivity contribution in [1.29, 1.82) is 0 Å². The molecule has 0 saturated heterocycles. The van der Waals surface area contributed by atoms with Gasteiger partial charge in [0.2, 0.25) is 11.7 Å². The average Bonchev–Trinajstić information content (AvgIpc) is 2.91. The summed E-state index contributed by atoms with van der Waals surface area (Å²) in [4.78, 5) is 4.37. The Labute approximate surface area is 124 Å². The van der Waals surface area contributed by atoms with Gasteiger partial charge in [0.05, 0.1) is 0 Å². The smallest absolute Gasteiger partial charge is 0.228 e. The van der Waals surface area contributed by atoms with E-state index in [0.29, 0.717) is 35.3 Å². The first-order valence-corrected chi connectivity index (χ1v) is 7.46. The van der Waals surface area contributed by atoms with Crippen LogP contribution in [0.5, 0.6) is 0 Å². The number of rotatable bonds is 7. The summed E-state index contributed by atoms with van der Waals surface area (Å²) < 4.78 is 18.9. The summed E-state index contributed by atoms with van der Waals surface area (Å²) in [5.41, 5.74) is 1.25. The fourth-order valence-electron chi connectivity index (χ4n) is 2.31. The van der Waals surface area contributed by atoms with E-state index in [1.165, 1.54) is 6.07 Å². The van der Waals surface area contributed by atoms with Crippen molar-refractivity contribution in [1.82, 2.24) is 15.5 Å². The van der Waals surface area contributed by atoms with Gasteiger partial charge in [0.1, 0.15) is 5.82 Å². The Morgan fingerprint density at radius 2 is 2.14 bits per heavy atom. The molecule has 0 saturated carbocycles. The molecule has 5 heteroatoms. The van der Waals surface area contributed by atoms with Crippen LogP contribution in [0, 0.1) is 12.7 Å². The largest absolute Gasteiger partial charge is 0.339 e. The number of benzene rings is 1. The molecule has 1 aromatic heterocycles. The maximum absolute atomic E-state index is 13.6. The van der Waals surface area contributed by atoms with E-state index in [9.17, 15) is 4.39 Å². The molecular weight excluding hydrogens is 269 g/mol. The number of likely N-dealkylation sites (N-methyl/N-ethyl adjacent to an activating group) is 1. The number of nitrogens with one attached hydrogen (secondary N) is 1. The second kappa shape index (κ2) is 7.31. The van der Waals surface area contributed by atoms with Crippen LogP contribution in [0.2, 0.25) is 0 Å². The summed E-state index contributed by atoms with van der Waals surface area (Å²) >= 11 is 0. The molecule has 1 N–H and O–H groups in total. The minimum absolute atomic E-state index is 0.254. The minimum Gasteiger partial charge on any atom is -0.339 e. The zero-order valence-corrected chi connectivity index (χ0v) is 12.8. The lowest BCUT2D eigenvalue weighted by Gasteiger charge is -2.14. The maximum Gasteiger partial charge on any atom is 0.228 e. The molecule has 0 fully saturated rings. The third-order valence-corrected chi connectivity index (χ3v) is 3.45. The molecule has 0 aliphatic rings. The van der Waals surface area contributed by atoms with Gasteiger partial charge in [0.25, 0.3) is 0 Å². The zero-order chi connectivity index (χ0) is 15.2. The van der Waals surface area contributed by atoms with Crippen molar-refractivity contribution < 1.29 is 8.91 Å². The number of hydrogen-bond acceptors (Lipinski definition) is 4. The van der Waals surface area contributed by atoms with Crippen molar-refractivity contribution in [2.45, 2.75) is 46.1 Å². The van der Waals surface area contributed by atoms with E-state index in [2.05, 4.69) is 29.3 Å². The van der Waals surface area contributed by atoms with Crippen LogP contribution in [0.4, 0.5) is 4.39 Å². The van der Waals surface area contributed by atoms with Gasteiger partial charge in [0.15, 0.2) is 0 Å². The molecule has 114 valence electrons. The summed E-state index contributed by atoms with van der Waals surface area (Å²) in [7, 11) is 0. The number of nitrogens with zero attached hydrogens (tertiary/aromatic N) is 2. The summed E-state index contributed by atoms with van der Waals surface area (Å²) in [6.45, 7) is 6.87. The van der Waals surface area contributed by atoms with Gasteiger partial charge in [-0.05, 0) is 31.5 Å². The van der Waals surface area contributed by atoms with Crippen molar-refractivity contribution in [3.8, 4) is 11.4 Å². The van der Waals surface area contributed by atoms with E-state index in [4.69, 9.17) is 4.52 Å². The van der Waals surface area contributed by atoms with Gasteiger partial charge in [-0.3, -0.25) is 0 Å². The fourth-order valence-corrected chi connectivity index (χ4v) is 2.31. The Morgan fingerprint density at radius 3 is 2.81 bits per heavy atom. The van der Waals surface area contributed by atoms with Crippen LogP contribution in [0.15, 0.2) is 22.7 Å². The summed E-state index contributed by atoms with van der Waals surface area (Å²) in [6, 6.07) is 5.31. The van der Waals surface area contributed by atoms with Gasteiger partial charge in [-0.25, -0.2) is 4.39 Å². The predicted octanol–water partition coefficient (Wildman–Crippen LogP) is 3.50. The van der Waals surface area contributed by atoms with Crippen LogP contribution in [-0.4, -0.2) is 22.7 Å². The van der Waals surface area contributed by atoms with Gasteiger partial charge in [0, 0.05) is 18.0 Å². The molecule has 1 unspecified atom stereocenters. The third kappa shape index (κ3) is 4.11. The molecular formula is C16H22FN3O. The van der Waals surface area contributed by atoms with E-state index < -0.39 is 0 Å². The Bertz CT molecular complexity index is 577. The molecule has 4 nitrogen and oxygen atoms in total. The van der Waals surface area contributed by atoms with E-state index in [0.717, 1.165) is 19.4 Å². The van der Waals surface area contributed by atoms with E-state index >= 15 is 0 Å². The predicted molar refractivity (Wildman–Crippen MR) is 80.5 cm³/mol. The quantitative estimate of drug-likeness (QED) is 0.848. The van der Waals surface area contributed by atoms with Gasteiger partial charge in [-0.15, -0.1) is 0 Å². The highest BCUT2D eigenvalue weighted by Gasteiger charge is 2.14. The molecule has 1 atom stereocenters. The Morgan fingerprint density at radius 1 is 1.33 bits per heavy atom. The molecule has 0 bridgehead atoms. The highest BCUT2D eigenvalue weighted by atomic mass is 19.1. The lowest BCUT2D eigenvalue weighted by atomic mass is 10.1. The first-order chi connectivity index (χ1) is 10.1. The summed E-state index contributed by atoms with van der Waals surface area (Å²) in [6.07, 6.45) is 2.86. The van der Waals surface area contributed by atoms with Gasteiger partial charge >= 0.3 is 0 Å². The molecule has 2 rings (SSSR count). The van der Waals surface area contributed by atoms with Crippen molar-refractivity contribution in [3.63, 3.8) is 0 Å². The molecule has 0 aliphatic carbocycles. The van der Waals surface area contributed by atoms with E-state index in [1.54, 1.807) is 19.1 Å². The van der Waals surface area contributed by atoms with Crippen LogP contribution >= 0.6 is 0 Å². The highest BCUT2D eigenvalue weighted by molar-refractivity contribution is 5.54. The Balaban J connectivity index is 2.11. The van der Waals surface area contributed by atoms with Crippen molar-refractivity contribution in [3.05, 3.63) is 35.5 Å². The number of aryl methyl sites for hydroxylation is 1. The second-order valence-electron chi connectivity index (χ2n) is 5.22. The van der Waals surface area contributed by atoms with Crippen molar-refractivity contribution in [2.75, 3.05) is 6.54 Å². The number of aromatic nitrogens is 2. The summed E-state index contributed by atoms with van der Waals surface area (Å²) in [5.74, 6) is 0.774. The number of halogens is 1. The Hall–Kier alpha value is -1.75. The maximum atomic E-state index is 13.6. The van der Waals surface area contributed by atoms with Gasteiger partial charge < -0.3 is 9.84 Å². The van der Waals surface area contributed by atoms with Crippen LogP contribution < -0.4 is 5.32 Å². The topological polar surface area (TPSA) is 51.0 Å². The van der Waals surface area contributed by atoms with E-state index in [1.807, 2.05) is 0 Å². The first kappa shape index (κ1) is 15.6. The van der Waals surface area contributed by atoms with Crippen LogP contribution in [0.25, 0.3) is 11.4 Å². The van der Waals surface area contributed by atoms with Crippen molar-refractivity contribution in [2.24, 2.45) is 0 Å². The third-order valence-electron chi connectivity index (χ3n) is 3.45. The van der Waals surface area contributed by atoms with Gasteiger partial charge in [-0.1, -0.05) is 37.6 Å². The van der Waals surface area contributed by atoms with Crippen LogP contribution in [0.1, 0.15) is 38.1 Å². The molecule has 1 heterocycles. The van der Waals surface area contributed by atoms with Crippen LogP contribution in [0.3, 0.4) is 0 Å². The molecule has 0 spiro atoms. The zero-order valence-electron chi connectivity index (χ0n) is 12.8. The standard InChI is InChI=1S/C16H22FN3O/c1-4-6-13(18-5-2)10-15-19-16(20-21-15)12-8-7-11(3)14(17)9-12/h7-9,13,18H,4-6,10H2,1-3H3. The summed E-state index contributed by atoms with van der Waals surface area (Å²) in [5, 5.41) is 7.36. The first-order valence-electron chi connectivity index (χ1n) is 7.46. The molecule has 2 aromatic rings. The monoisotopic (exact) mass is 291 g/mol. The average molecular weight is 291 g/mol. The lowest BCUT2D eigenvalue weighted by Crippen LogP contribution is -2.30. The lowest BCUT2D eigenvalue weighted by molar-refractivity contribution is 0.352. The molecule has 0 aliphatic heterocycles. The van der Waals surface area contributed by atoms with Crippen LogP contribution in [-0.2, 0) is 6.42 Å². The van der Waals surface area contributed by atoms with E-state index in [-0.39, 0.29) is 5.82 Å². The molecule has 0 radical (unpaired) electrons. The number of hydrogen-bond donors (Lipinski definition) is 1. The minimum atomic E-state index is -0.254. The fraction of sp³-hybridized carbons (Fsp3) is 0.500. The Kier molecular flexibility index (Phi) is 5.44. The van der Waals surface area contributed by atoms with Gasteiger partial charge in [-0.2, -0.15) is 4.98 Å². The molecule has 1 aromatic carbocycles. The van der Waals surface area contributed by atoms with Crippen molar-refractivity contribution >= 4 is 0 Å². The molecule has 0 amide bonds. The SMILES string of the molecule is CCCC(Cc1nc(-c2ccc(C)c(F)c2)no1)NCC. The highest BCUT2D eigenvalue weighted by Crippen LogP contribution is 2.19.